The van der Waals surface area contributed by atoms with E-state index in [2.05, 4.69) is 62.2 Å². The van der Waals surface area contributed by atoms with Gasteiger partial charge in [0, 0.05) is 61.5 Å². The number of nitrogens with zero attached hydrogens (tertiary/aromatic N) is 6. The van der Waals surface area contributed by atoms with Crippen molar-refractivity contribution in [1.29, 1.82) is 0 Å². The lowest BCUT2D eigenvalue weighted by Gasteiger charge is -2.48. The molecule has 1 saturated heterocycles. The van der Waals surface area contributed by atoms with Crippen LogP contribution in [0.15, 0.2) is 132 Å². The molecule has 51 heavy (non-hydrogen) atoms. The zero-order valence-corrected chi connectivity index (χ0v) is 28.2. The zero-order valence-electron chi connectivity index (χ0n) is 28.2. The average Bonchev–Trinajstić information content (AvgIpc) is 3.53. The minimum Gasteiger partial charge on any atom is -0.385 e. The minimum absolute atomic E-state index is 0.0579. The summed E-state index contributed by atoms with van der Waals surface area (Å²) in [6, 6.07) is 34.4. The van der Waals surface area contributed by atoms with Gasteiger partial charge in [0.25, 0.3) is 0 Å². The van der Waals surface area contributed by atoms with Crippen LogP contribution in [0.4, 0.5) is 8.78 Å². The fourth-order valence-corrected chi connectivity index (χ4v) is 8.34. The van der Waals surface area contributed by atoms with E-state index in [1.807, 2.05) is 48.7 Å². The number of rotatable bonds is 7. The maximum Gasteiger partial charge on any atom is 0.125 e. The number of benzene rings is 4. The van der Waals surface area contributed by atoms with E-state index in [0.717, 1.165) is 83.7 Å². The molecule has 1 aliphatic carbocycles. The second-order valence-electron chi connectivity index (χ2n) is 14.1. The third-order valence-electron chi connectivity index (χ3n) is 11.1. The summed E-state index contributed by atoms with van der Waals surface area (Å²) in [4.78, 5) is 22.2. The molecule has 0 amide bonds. The van der Waals surface area contributed by atoms with Crippen LogP contribution in [0.25, 0.3) is 22.2 Å². The van der Waals surface area contributed by atoms with Gasteiger partial charge in [-0.1, -0.05) is 72.8 Å². The van der Waals surface area contributed by atoms with E-state index in [1.54, 1.807) is 6.20 Å². The Balaban J connectivity index is 0.906. The van der Waals surface area contributed by atoms with E-state index >= 15 is 0 Å². The van der Waals surface area contributed by atoms with E-state index in [0.29, 0.717) is 17.8 Å². The lowest BCUT2D eigenvalue weighted by atomic mass is 9.77. The van der Waals surface area contributed by atoms with E-state index < -0.39 is 0 Å². The van der Waals surface area contributed by atoms with Gasteiger partial charge in [-0.25, -0.2) is 18.8 Å². The van der Waals surface area contributed by atoms with Gasteiger partial charge in [-0.3, -0.25) is 14.8 Å². The number of hydrogen-bond donors (Lipinski definition) is 1. The standard InChI is InChI=1S/C42H39F2N7/c43-33-13-8-29(9-14-33)39(30-10-15-34(44)16-11-30)50-22-20-49(21-23-50)35-24-32(25-35)42-48-38(40-41(45)46-18-19-51(40)42)31-7-6-28-12-17-36(47-37(28)26-31)27-4-2-1-3-5-27/h1-19,26,32,35,38-40H,20-25H2,(H2,45,46). The van der Waals surface area contributed by atoms with Crippen LogP contribution in [-0.2, 0) is 0 Å². The number of nitrogens with two attached hydrogens (primary N) is 1. The van der Waals surface area contributed by atoms with Crippen molar-refractivity contribution >= 4 is 22.6 Å². The zero-order chi connectivity index (χ0) is 34.5. The molecule has 1 aromatic heterocycles. The lowest BCUT2D eigenvalue weighted by molar-refractivity contribution is 0.0370. The molecule has 2 atom stereocenters. The Morgan fingerprint density at radius 2 is 1.41 bits per heavy atom. The topological polar surface area (TPSA) is 73.3 Å². The fourth-order valence-electron chi connectivity index (χ4n) is 8.34. The van der Waals surface area contributed by atoms with E-state index in [1.165, 1.54) is 24.3 Å². The van der Waals surface area contributed by atoms with E-state index in [4.69, 9.17) is 15.7 Å². The predicted molar refractivity (Wildman–Crippen MR) is 198 cm³/mol. The first-order valence-corrected chi connectivity index (χ1v) is 17.8. The Bertz CT molecular complexity index is 2090. The van der Waals surface area contributed by atoms with Gasteiger partial charge >= 0.3 is 0 Å². The highest BCUT2D eigenvalue weighted by Gasteiger charge is 2.47. The van der Waals surface area contributed by atoms with Gasteiger partial charge in [-0.15, -0.1) is 0 Å². The summed E-state index contributed by atoms with van der Waals surface area (Å²) in [6.07, 6.45) is 5.90. The number of halogens is 2. The van der Waals surface area contributed by atoms with Gasteiger partial charge in [0.05, 0.1) is 17.3 Å². The largest absolute Gasteiger partial charge is 0.385 e. The summed E-state index contributed by atoms with van der Waals surface area (Å²) in [5, 5.41) is 1.09. The number of hydrogen-bond acceptors (Lipinski definition) is 7. The van der Waals surface area contributed by atoms with Gasteiger partial charge in [-0.05, 0) is 65.9 Å². The fraction of sp³-hybridized carbons (Fsp3) is 0.262. The molecule has 0 radical (unpaired) electrons. The number of aromatic nitrogens is 1. The van der Waals surface area contributed by atoms with Crippen LogP contribution in [0.1, 0.15) is 41.6 Å². The van der Waals surface area contributed by atoms with Crippen molar-refractivity contribution in [2.24, 2.45) is 21.6 Å². The van der Waals surface area contributed by atoms with Crippen molar-refractivity contribution in [2.75, 3.05) is 26.2 Å². The monoisotopic (exact) mass is 679 g/mol. The van der Waals surface area contributed by atoms with Crippen LogP contribution >= 0.6 is 0 Å². The average molecular weight is 680 g/mol. The van der Waals surface area contributed by atoms with Crippen LogP contribution in [0.2, 0.25) is 0 Å². The van der Waals surface area contributed by atoms with E-state index in [-0.39, 0.29) is 29.8 Å². The second kappa shape index (κ2) is 13.1. The summed E-state index contributed by atoms with van der Waals surface area (Å²) in [5.41, 5.74) is 12.7. The molecule has 2 fully saturated rings. The maximum absolute atomic E-state index is 13.8. The van der Waals surface area contributed by atoms with Crippen molar-refractivity contribution < 1.29 is 8.78 Å². The molecule has 1 saturated carbocycles. The predicted octanol–water partition coefficient (Wildman–Crippen LogP) is 7.33. The first-order chi connectivity index (χ1) is 25.0. The molecule has 256 valence electrons. The Hall–Kier alpha value is -5.25. The molecule has 4 aromatic carbocycles. The highest BCUT2D eigenvalue weighted by Crippen LogP contribution is 2.43. The molecule has 2 unspecified atom stereocenters. The molecule has 7 nitrogen and oxygen atoms in total. The summed E-state index contributed by atoms with van der Waals surface area (Å²) < 4.78 is 27.6. The van der Waals surface area contributed by atoms with Crippen molar-refractivity contribution in [3.8, 4) is 11.3 Å². The Labute approximate surface area is 296 Å². The van der Waals surface area contributed by atoms with Gasteiger partial charge in [0.2, 0.25) is 0 Å². The summed E-state index contributed by atoms with van der Waals surface area (Å²) in [5.74, 6) is 1.49. The van der Waals surface area contributed by atoms with Gasteiger partial charge < -0.3 is 10.6 Å². The van der Waals surface area contributed by atoms with Gasteiger partial charge in [0.15, 0.2) is 0 Å². The second-order valence-corrected chi connectivity index (χ2v) is 14.1. The highest BCUT2D eigenvalue weighted by atomic mass is 19.1. The molecule has 9 rings (SSSR count). The van der Waals surface area contributed by atoms with Crippen LogP contribution in [0, 0.1) is 17.6 Å². The number of fused-ring (bicyclic) bond motifs is 2. The first-order valence-electron chi connectivity index (χ1n) is 17.8. The van der Waals surface area contributed by atoms with Crippen molar-refractivity contribution in [3.05, 3.63) is 150 Å². The number of aliphatic imine (C=N–C) groups is 2. The number of amidine groups is 2. The summed E-state index contributed by atoms with van der Waals surface area (Å²) in [6.45, 7) is 3.61. The third kappa shape index (κ3) is 6.00. The van der Waals surface area contributed by atoms with Crippen LogP contribution in [0.3, 0.4) is 0 Å². The number of piperazine rings is 1. The molecular weight excluding hydrogens is 641 g/mol. The Morgan fingerprint density at radius 1 is 0.745 bits per heavy atom. The van der Waals surface area contributed by atoms with E-state index in [9.17, 15) is 8.78 Å². The van der Waals surface area contributed by atoms with Crippen LogP contribution < -0.4 is 5.73 Å². The highest BCUT2D eigenvalue weighted by molar-refractivity contribution is 5.99. The third-order valence-corrected chi connectivity index (χ3v) is 11.1. The van der Waals surface area contributed by atoms with Crippen LogP contribution in [0.5, 0.6) is 0 Å². The SMILES string of the molecule is NC1=NC=CN2C(C3CC(N4CCN(C(c5ccc(F)cc5)c5ccc(F)cc5)CC4)C3)=NC(c3ccc4ccc(-c5ccccc5)nc4c3)C12. The molecule has 9 heteroatoms. The molecule has 5 aromatic rings. The van der Waals surface area contributed by atoms with Crippen LogP contribution in [-0.4, -0.2) is 69.6 Å². The summed E-state index contributed by atoms with van der Waals surface area (Å²) in [7, 11) is 0. The molecular formula is C42H39F2N7. The van der Waals surface area contributed by atoms with Crippen molar-refractivity contribution in [1.82, 2.24) is 19.7 Å². The smallest absolute Gasteiger partial charge is 0.125 e. The Kier molecular flexibility index (Phi) is 8.17. The molecule has 2 N–H and O–H groups in total. The van der Waals surface area contributed by atoms with Gasteiger partial charge in [-0.2, -0.15) is 0 Å². The lowest BCUT2D eigenvalue weighted by Crippen LogP contribution is -2.56. The Morgan fingerprint density at radius 3 is 2.10 bits per heavy atom. The molecule has 4 heterocycles. The normalized spacial score (nSPS) is 23.6. The molecule has 4 aliphatic rings. The first kappa shape index (κ1) is 31.7. The van der Waals surface area contributed by atoms with Crippen molar-refractivity contribution in [2.45, 2.75) is 37.0 Å². The molecule has 3 aliphatic heterocycles. The summed E-state index contributed by atoms with van der Waals surface area (Å²) >= 11 is 0. The van der Waals surface area contributed by atoms with Crippen molar-refractivity contribution in [3.63, 3.8) is 0 Å². The number of pyridine rings is 1. The quantitative estimate of drug-likeness (QED) is 0.195. The minimum atomic E-state index is -0.257. The molecule has 0 bridgehead atoms. The maximum atomic E-state index is 13.8. The van der Waals surface area contributed by atoms with Gasteiger partial charge in [0.1, 0.15) is 35.4 Å². The molecule has 0 spiro atoms.